The van der Waals surface area contributed by atoms with Gasteiger partial charge in [0.1, 0.15) is 5.75 Å². The summed E-state index contributed by atoms with van der Waals surface area (Å²) in [6.07, 6.45) is 2.67. The van der Waals surface area contributed by atoms with Crippen molar-refractivity contribution in [3.63, 3.8) is 0 Å². The van der Waals surface area contributed by atoms with Gasteiger partial charge < -0.3 is 4.74 Å². The third-order valence-electron chi connectivity index (χ3n) is 8.99. The molecular weight excluding hydrogens is 574 g/mol. The number of anilines is 1. The number of nitrogens with zero attached hydrogens (tertiary/aromatic N) is 2. The Balaban J connectivity index is 1.30. The fourth-order valence-corrected chi connectivity index (χ4v) is 7.37. The lowest BCUT2D eigenvalue weighted by molar-refractivity contribution is -0.123. The van der Waals surface area contributed by atoms with Crippen LogP contribution in [0.1, 0.15) is 47.1 Å². The highest BCUT2D eigenvalue weighted by molar-refractivity contribution is 6.30. The molecule has 4 aliphatic rings. The lowest BCUT2D eigenvalue weighted by atomic mass is 9.47. The van der Waals surface area contributed by atoms with Gasteiger partial charge in [0.15, 0.2) is 0 Å². The molecule has 1 heterocycles. The summed E-state index contributed by atoms with van der Waals surface area (Å²) in [5, 5.41) is 5.08. The van der Waals surface area contributed by atoms with Gasteiger partial charge in [-0.1, -0.05) is 79.2 Å². The van der Waals surface area contributed by atoms with Crippen molar-refractivity contribution in [1.82, 2.24) is 5.43 Å². The second-order valence-corrected chi connectivity index (χ2v) is 11.9. The molecule has 2 bridgehead atoms. The van der Waals surface area contributed by atoms with E-state index < -0.39 is 17.3 Å². The lowest BCUT2D eigenvalue weighted by Crippen LogP contribution is -2.54. The molecule has 1 fully saturated rings. The van der Waals surface area contributed by atoms with Gasteiger partial charge in [-0.15, -0.1) is 0 Å². The molecule has 4 aromatic carbocycles. The molecule has 2 atom stereocenters. The first-order valence-electron chi connectivity index (χ1n) is 14.8. The van der Waals surface area contributed by atoms with Crippen LogP contribution in [0.15, 0.2) is 102 Å². The molecule has 1 saturated heterocycles. The average Bonchev–Trinajstić information content (AvgIpc) is 3.32. The third kappa shape index (κ3) is 4.34. The Bertz CT molecular complexity index is 1750. The van der Waals surface area contributed by atoms with Crippen LogP contribution in [-0.2, 0) is 26.2 Å². The van der Waals surface area contributed by atoms with Gasteiger partial charge >= 0.3 is 0 Å². The molecule has 0 aromatic heterocycles. The number of carbonyl (C=O) groups is 3. The molecule has 44 heavy (non-hydrogen) atoms. The Morgan fingerprint density at radius 3 is 2.18 bits per heavy atom. The number of hydrogen-bond donors (Lipinski definition) is 1. The molecule has 8 rings (SSSR count). The second kappa shape index (κ2) is 11.1. The van der Waals surface area contributed by atoms with E-state index in [0.717, 1.165) is 34.2 Å². The fraction of sp³-hybridized carbons (Fsp3) is 0.222. The quantitative estimate of drug-likeness (QED) is 0.151. The summed E-state index contributed by atoms with van der Waals surface area (Å²) in [6.45, 7) is 2.62. The minimum absolute atomic E-state index is 0.117. The van der Waals surface area contributed by atoms with E-state index in [-0.39, 0.29) is 30.1 Å². The van der Waals surface area contributed by atoms with E-state index in [4.69, 9.17) is 16.3 Å². The normalized spacial score (nSPS) is 23.0. The Morgan fingerprint density at radius 1 is 0.909 bits per heavy atom. The number of benzene rings is 4. The molecule has 8 heteroatoms. The second-order valence-electron chi connectivity index (χ2n) is 11.5. The highest BCUT2D eigenvalue weighted by atomic mass is 35.5. The topological polar surface area (TPSA) is 88.1 Å². The van der Waals surface area contributed by atoms with Crippen molar-refractivity contribution in [2.24, 2.45) is 16.9 Å². The third-order valence-corrected chi connectivity index (χ3v) is 9.24. The number of amides is 3. The van der Waals surface area contributed by atoms with Gasteiger partial charge in [-0.05, 0) is 70.6 Å². The zero-order valence-corrected chi connectivity index (χ0v) is 24.8. The summed E-state index contributed by atoms with van der Waals surface area (Å²) in [7, 11) is 0. The molecule has 4 aromatic rings. The van der Waals surface area contributed by atoms with Crippen LogP contribution < -0.4 is 15.1 Å². The maximum Gasteiger partial charge on any atom is 0.244 e. The molecule has 0 radical (unpaired) electrons. The molecular formula is C36H30ClN3O4. The SMILES string of the molecule is CCCOc1ccc(N2C(=O)[C@@H]3C4c5ccccc5C(/C=N\NC(=O)Cc5ccc(Cl)cc5)(c5ccccc54)[C@H]3C2=O)cc1. The van der Waals surface area contributed by atoms with Gasteiger partial charge in [0, 0.05) is 17.2 Å². The van der Waals surface area contributed by atoms with E-state index >= 15 is 0 Å². The van der Waals surface area contributed by atoms with Gasteiger partial charge in [0.05, 0.1) is 36.0 Å². The molecule has 3 amide bonds. The first-order valence-corrected chi connectivity index (χ1v) is 15.2. The molecule has 1 N–H and O–H groups in total. The Morgan fingerprint density at radius 2 is 1.55 bits per heavy atom. The van der Waals surface area contributed by atoms with Gasteiger partial charge in [0.2, 0.25) is 17.7 Å². The molecule has 220 valence electrons. The van der Waals surface area contributed by atoms with E-state index in [1.54, 1.807) is 54.7 Å². The van der Waals surface area contributed by atoms with Crippen LogP contribution in [0.4, 0.5) is 5.69 Å². The summed E-state index contributed by atoms with van der Waals surface area (Å²) in [5.74, 6) is -1.78. The fourth-order valence-electron chi connectivity index (χ4n) is 7.25. The number of carbonyl (C=O) groups excluding carboxylic acids is 3. The van der Waals surface area contributed by atoms with Crippen molar-refractivity contribution in [1.29, 1.82) is 0 Å². The predicted molar refractivity (Wildman–Crippen MR) is 169 cm³/mol. The monoisotopic (exact) mass is 603 g/mol. The minimum Gasteiger partial charge on any atom is -0.494 e. The summed E-state index contributed by atoms with van der Waals surface area (Å²) in [6, 6.07) is 30.1. The van der Waals surface area contributed by atoms with Crippen molar-refractivity contribution in [3.05, 3.63) is 130 Å². The summed E-state index contributed by atoms with van der Waals surface area (Å²) >= 11 is 5.99. The van der Waals surface area contributed by atoms with Crippen LogP contribution >= 0.6 is 11.6 Å². The first kappa shape index (κ1) is 28.0. The van der Waals surface area contributed by atoms with Crippen LogP contribution in [0.2, 0.25) is 5.02 Å². The van der Waals surface area contributed by atoms with Crippen molar-refractivity contribution < 1.29 is 19.1 Å². The number of rotatable bonds is 8. The Labute approximate surface area is 260 Å². The molecule has 0 saturated carbocycles. The number of hydrazone groups is 1. The number of nitrogens with one attached hydrogen (secondary N) is 1. The van der Waals surface area contributed by atoms with Crippen molar-refractivity contribution in [2.45, 2.75) is 31.1 Å². The molecule has 0 spiro atoms. The highest BCUT2D eigenvalue weighted by Crippen LogP contribution is 2.63. The summed E-state index contributed by atoms with van der Waals surface area (Å²) in [4.78, 5) is 43.1. The van der Waals surface area contributed by atoms with Gasteiger partial charge in [0.25, 0.3) is 0 Å². The standard InChI is InChI=1S/C36H30ClN3O4/c1-2-19-44-25-17-15-24(16-18-25)40-34(42)32-31-26-7-3-5-9-28(26)36(33(32)35(40)43,29-10-6-4-8-27(29)31)21-38-39-30(41)20-22-11-13-23(37)14-12-22/h3-18,21,31-33H,2,19-20H2,1H3,(H,39,41)/b38-21-/t31?,32-,33-,36?/m1/s1. The largest absolute Gasteiger partial charge is 0.494 e. The molecule has 7 nitrogen and oxygen atoms in total. The molecule has 1 aliphatic heterocycles. The highest BCUT2D eigenvalue weighted by Gasteiger charge is 2.68. The maximum atomic E-state index is 14.5. The molecule has 0 unspecified atom stereocenters. The van der Waals surface area contributed by atoms with Crippen LogP contribution in [0.5, 0.6) is 5.75 Å². The van der Waals surface area contributed by atoms with E-state index in [1.165, 1.54) is 4.90 Å². The van der Waals surface area contributed by atoms with Crippen LogP contribution in [0, 0.1) is 11.8 Å². The predicted octanol–water partition coefficient (Wildman–Crippen LogP) is 6.02. The van der Waals surface area contributed by atoms with Crippen molar-refractivity contribution in [2.75, 3.05) is 11.5 Å². The number of imide groups is 1. The van der Waals surface area contributed by atoms with Crippen LogP contribution in [-0.4, -0.2) is 30.5 Å². The zero-order valence-electron chi connectivity index (χ0n) is 24.1. The zero-order chi connectivity index (χ0) is 30.4. The first-order chi connectivity index (χ1) is 21.4. The van der Waals surface area contributed by atoms with Crippen LogP contribution in [0.3, 0.4) is 0 Å². The average molecular weight is 604 g/mol. The van der Waals surface area contributed by atoms with E-state index in [9.17, 15) is 14.4 Å². The van der Waals surface area contributed by atoms with Gasteiger partial charge in [-0.25, -0.2) is 10.3 Å². The Hall–Kier alpha value is -4.75. The minimum atomic E-state index is -1.06. The van der Waals surface area contributed by atoms with E-state index in [0.29, 0.717) is 23.1 Å². The number of hydrogen-bond acceptors (Lipinski definition) is 5. The van der Waals surface area contributed by atoms with E-state index in [2.05, 4.69) is 10.5 Å². The van der Waals surface area contributed by atoms with Crippen molar-refractivity contribution in [3.8, 4) is 5.75 Å². The summed E-state index contributed by atoms with van der Waals surface area (Å²) in [5.41, 5.74) is 6.76. The maximum absolute atomic E-state index is 14.5. The number of halogens is 1. The van der Waals surface area contributed by atoms with Gasteiger partial charge in [-0.3, -0.25) is 14.4 Å². The summed E-state index contributed by atoms with van der Waals surface area (Å²) < 4.78 is 5.73. The molecule has 3 aliphatic carbocycles. The number of ether oxygens (including phenoxy) is 1. The van der Waals surface area contributed by atoms with E-state index in [1.807, 2.05) is 55.5 Å². The smallest absolute Gasteiger partial charge is 0.244 e. The Kier molecular flexibility index (Phi) is 7.05. The lowest BCUT2D eigenvalue weighted by Gasteiger charge is -2.52. The van der Waals surface area contributed by atoms with Crippen molar-refractivity contribution >= 4 is 41.2 Å². The van der Waals surface area contributed by atoms with Gasteiger partial charge in [-0.2, -0.15) is 5.10 Å². The van der Waals surface area contributed by atoms with Crippen LogP contribution in [0.25, 0.3) is 0 Å².